The van der Waals surface area contributed by atoms with Crippen LogP contribution >= 0.6 is 11.3 Å². The van der Waals surface area contributed by atoms with Crippen molar-refractivity contribution < 1.29 is 9.90 Å². The second-order valence-corrected chi connectivity index (χ2v) is 5.70. The van der Waals surface area contributed by atoms with Gasteiger partial charge in [0, 0.05) is 17.5 Å². The fourth-order valence-electron chi connectivity index (χ4n) is 2.02. The van der Waals surface area contributed by atoms with Crippen LogP contribution in [0.4, 0.5) is 0 Å². The predicted octanol–water partition coefficient (Wildman–Crippen LogP) is 3.61. The number of thiophene rings is 1. The van der Waals surface area contributed by atoms with Crippen LogP contribution in [0.3, 0.4) is 0 Å². The van der Waals surface area contributed by atoms with Crippen LogP contribution in [0, 0.1) is 6.92 Å². The van der Waals surface area contributed by atoms with Crippen LogP contribution in [0.1, 0.15) is 38.6 Å². The van der Waals surface area contributed by atoms with E-state index in [0.29, 0.717) is 11.4 Å². The zero-order valence-electron chi connectivity index (χ0n) is 11.0. The molecule has 0 spiro atoms. The maximum atomic E-state index is 10.8. The second-order valence-electron chi connectivity index (χ2n) is 4.53. The van der Waals surface area contributed by atoms with Gasteiger partial charge in [-0.2, -0.15) is 0 Å². The monoisotopic (exact) mass is 275 g/mol. The van der Waals surface area contributed by atoms with Gasteiger partial charge in [-0.3, -0.25) is 0 Å². The summed E-state index contributed by atoms with van der Waals surface area (Å²) in [5, 5.41) is 12.3. The van der Waals surface area contributed by atoms with Gasteiger partial charge in [0.1, 0.15) is 4.88 Å². The summed E-state index contributed by atoms with van der Waals surface area (Å²) in [4.78, 5) is 12.2. The van der Waals surface area contributed by atoms with Gasteiger partial charge in [0.15, 0.2) is 0 Å². The molecule has 2 aromatic rings. The third-order valence-corrected chi connectivity index (χ3v) is 4.18. The zero-order chi connectivity index (χ0) is 13.8. The van der Waals surface area contributed by atoms with Crippen LogP contribution in [-0.2, 0) is 6.54 Å². The van der Waals surface area contributed by atoms with Gasteiger partial charge in [-0.05, 0) is 37.1 Å². The van der Waals surface area contributed by atoms with Crippen LogP contribution in [0.15, 0.2) is 36.4 Å². The lowest BCUT2D eigenvalue weighted by atomic mass is 10.0. The highest BCUT2D eigenvalue weighted by Crippen LogP contribution is 2.20. The van der Waals surface area contributed by atoms with E-state index in [1.807, 2.05) is 18.2 Å². The number of hydrogen-bond acceptors (Lipinski definition) is 3. The van der Waals surface area contributed by atoms with Gasteiger partial charge in [-0.1, -0.05) is 24.3 Å². The normalized spacial score (nSPS) is 12.3. The van der Waals surface area contributed by atoms with E-state index in [1.54, 1.807) is 6.07 Å². The number of hydrogen-bond donors (Lipinski definition) is 2. The number of aryl methyl sites for hydroxylation is 1. The average Bonchev–Trinajstić information content (AvgIpc) is 2.85. The molecule has 3 nitrogen and oxygen atoms in total. The van der Waals surface area contributed by atoms with Crippen molar-refractivity contribution in [3.05, 3.63) is 57.3 Å². The highest BCUT2D eigenvalue weighted by atomic mass is 32.1. The van der Waals surface area contributed by atoms with Gasteiger partial charge in [0.25, 0.3) is 0 Å². The minimum Gasteiger partial charge on any atom is -0.477 e. The van der Waals surface area contributed by atoms with E-state index in [2.05, 4.69) is 31.3 Å². The molecule has 4 heteroatoms. The highest BCUT2D eigenvalue weighted by molar-refractivity contribution is 7.13. The molecule has 1 aromatic carbocycles. The minimum absolute atomic E-state index is 0.247. The molecule has 0 amide bonds. The lowest BCUT2D eigenvalue weighted by molar-refractivity contribution is 0.0702. The summed E-state index contributed by atoms with van der Waals surface area (Å²) >= 11 is 1.32. The number of carboxylic acid groups (broad SMARTS) is 1. The van der Waals surface area contributed by atoms with E-state index in [0.717, 1.165) is 4.88 Å². The lowest BCUT2D eigenvalue weighted by Gasteiger charge is -2.15. The number of nitrogens with one attached hydrogen (secondary N) is 1. The van der Waals surface area contributed by atoms with Crippen LogP contribution in [-0.4, -0.2) is 11.1 Å². The Morgan fingerprint density at radius 1 is 1.32 bits per heavy atom. The smallest absolute Gasteiger partial charge is 0.345 e. The fraction of sp³-hybridized carbons (Fsp3) is 0.267. The Balaban J connectivity index is 1.98. The molecule has 0 saturated carbocycles. The van der Waals surface area contributed by atoms with Gasteiger partial charge in [-0.25, -0.2) is 4.79 Å². The molecule has 1 atom stereocenters. The van der Waals surface area contributed by atoms with Gasteiger partial charge in [-0.15, -0.1) is 11.3 Å². The number of benzene rings is 1. The van der Waals surface area contributed by atoms with Gasteiger partial charge >= 0.3 is 5.97 Å². The molecule has 0 saturated heterocycles. The molecule has 1 heterocycles. The van der Waals surface area contributed by atoms with E-state index < -0.39 is 5.97 Å². The van der Waals surface area contributed by atoms with Crippen LogP contribution in [0.5, 0.6) is 0 Å². The molecule has 100 valence electrons. The summed E-state index contributed by atoms with van der Waals surface area (Å²) in [6, 6.07) is 12.0. The molecular formula is C15H17NO2S. The van der Waals surface area contributed by atoms with Crippen molar-refractivity contribution in [3.63, 3.8) is 0 Å². The Morgan fingerprint density at radius 2 is 2.05 bits per heavy atom. The quantitative estimate of drug-likeness (QED) is 0.876. The van der Waals surface area contributed by atoms with Gasteiger partial charge < -0.3 is 10.4 Å². The van der Waals surface area contributed by atoms with E-state index in [4.69, 9.17) is 5.11 Å². The Kier molecular flexibility index (Phi) is 4.35. The molecule has 0 fully saturated rings. The maximum absolute atomic E-state index is 10.8. The first kappa shape index (κ1) is 13.8. The Labute approximate surface area is 116 Å². The number of carbonyl (C=O) groups is 1. The van der Waals surface area contributed by atoms with E-state index in [-0.39, 0.29) is 6.04 Å². The largest absolute Gasteiger partial charge is 0.477 e. The van der Waals surface area contributed by atoms with Crippen LogP contribution in [0.25, 0.3) is 0 Å². The molecule has 0 radical (unpaired) electrons. The lowest BCUT2D eigenvalue weighted by Crippen LogP contribution is -2.18. The zero-order valence-corrected chi connectivity index (χ0v) is 11.8. The van der Waals surface area contributed by atoms with Crippen molar-refractivity contribution in [1.82, 2.24) is 5.32 Å². The van der Waals surface area contributed by atoms with Crippen molar-refractivity contribution in [3.8, 4) is 0 Å². The van der Waals surface area contributed by atoms with E-state index in [1.165, 1.54) is 22.5 Å². The second kappa shape index (κ2) is 5.99. The summed E-state index contributed by atoms with van der Waals surface area (Å²) < 4.78 is 0. The van der Waals surface area contributed by atoms with E-state index in [9.17, 15) is 4.79 Å². The fourth-order valence-corrected chi connectivity index (χ4v) is 2.82. The standard InChI is InChI=1S/C15H17NO2S/c1-10-5-3-4-6-13(10)11(2)16-9-12-7-8-14(19-12)15(17)18/h3-8,11,16H,9H2,1-2H3,(H,17,18). The molecule has 1 unspecified atom stereocenters. The van der Waals surface area contributed by atoms with Crippen molar-refractivity contribution in [2.24, 2.45) is 0 Å². The molecule has 0 aliphatic carbocycles. The molecule has 19 heavy (non-hydrogen) atoms. The topological polar surface area (TPSA) is 49.3 Å². The number of carboxylic acids is 1. The summed E-state index contributed by atoms with van der Waals surface area (Å²) in [5.41, 5.74) is 2.54. The molecule has 0 aliphatic rings. The van der Waals surface area contributed by atoms with Gasteiger partial charge in [0.05, 0.1) is 0 Å². The SMILES string of the molecule is Cc1ccccc1C(C)NCc1ccc(C(=O)O)s1. The van der Waals surface area contributed by atoms with Crippen LogP contribution < -0.4 is 5.32 Å². The molecule has 2 rings (SSSR count). The van der Waals surface area contributed by atoms with Crippen molar-refractivity contribution in [2.75, 3.05) is 0 Å². The predicted molar refractivity (Wildman–Crippen MR) is 77.7 cm³/mol. The molecule has 0 aliphatic heterocycles. The summed E-state index contributed by atoms with van der Waals surface area (Å²) in [7, 11) is 0. The molecule has 2 N–H and O–H groups in total. The third kappa shape index (κ3) is 3.43. The number of aromatic carboxylic acids is 1. The first-order chi connectivity index (χ1) is 9.08. The minimum atomic E-state index is -0.858. The maximum Gasteiger partial charge on any atom is 0.345 e. The summed E-state index contributed by atoms with van der Waals surface area (Å²) in [6.07, 6.45) is 0. The molecule has 0 bridgehead atoms. The summed E-state index contributed by atoms with van der Waals surface area (Å²) in [6.45, 7) is 4.91. The first-order valence-corrected chi connectivity index (χ1v) is 7.00. The Bertz CT molecular complexity index is 577. The van der Waals surface area contributed by atoms with Crippen molar-refractivity contribution >= 4 is 17.3 Å². The number of rotatable bonds is 5. The van der Waals surface area contributed by atoms with Crippen molar-refractivity contribution in [1.29, 1.82) is 0 Å². The average molecular weight is 275 g/mol. The molecule has 1 aromatic heterocycles. The van der Waals surface area contributed by atoms with Gasteiger partial charge in [0.2, 0.25) is 0 Å². The summed E-state index contributed by atoms with van der Waals surface area (Å²) in [5.74, 6) is -0.858. The van der Waals surface area contributed by atoms with E-state index >= 15 is 0 Å². The highest BCUT2D eigenvalue weighted by Gasteiger charge is 2.10. The molecular weight excluding hydrogens is 258 g/mol. The first-order valence-electron chi connectivity index (χ1n) is 6.19. The Morgan fingerprint density at radius 3 is 2.68 bits per heavy atom. The Hall–Kier alpha value is -1.65. The third-order valence-electron chi connectivity index (χ3n) is 3.11. The van der Waals surface area contributed by atoms with Crippen molar-refractivity contribution in [2.45, 2.75) is 26.4 Å². The van der Waals surface area contributed by atoms with Crippen LogP contribution in [0.2, 0.25) is 0 Å².